The summed E-state index contributed by atoms with van der Waals surface area (Å²) in [4.78, 5) is 10.4. The van der Waals surface area contributed by atoms with E-state index in [1.807, 2.05) is 24.3 Å². The summed E-state index contributed by atoms with van der Waals surface area (Å²) < 4.78 is 5.15. The van der Waals surface area contributed by atoms with Gasteiger partial charge in [0.2, 0.25) is 0 Å². The second-order valence-electron chi connectivity index (χ2n) is 3.63. The van der Waals surface area contributed by atoms with Crippen LogP contribution in [0.1, 0.15) is 32.6 Å². The summed E-state index contributed by atoms with van der Waals surface area (Å²) in [5.74, 6) is -0.791. The molecular formula is C14H22O3. The highest BCUT2D eigenvalue weighted by molar-refractivity contribution is 5.66. The summed E-state index contributed by atoms with van der Waals surface area (Å²) >= 11 is 0. The molecule has 0 aromatic heterocycles. The molecule has 0 aliphatic carbocycles. The highest BCUT2D eigenvalue weighted by Crippen LogP contribution is 2.03. The molecular weight excluding hydrogens is 216 g/mol. The Morgan fingerprint density at radius 1 is 1.29 bits per heavy atom. The minimum absolute atomic E-state index is 0.123. The number of allylic oxidation sites excluding steroid dienone is 5. The number of methoxy groups -OCH3 is 1. The summed E-state index contributed by atoms with van der Waals surface area (Å²) in [7, 11) is 1.59. The Balaban J connectivity index is 3.85. The van der Waals surface area contributed by atoms with Crippen molar-refractivity contribution in [1.82, 2.24) is 0 Å². The maximum absolute atomic E-state index is 10.4. The number of rotatable bonds is 9. The van der Waals surface area contributed by atoms with Gasteiger partial charge in [0.15, 0.2) is 0 Å². The fraction of sp³-hybridized carbons (Fsp3) is 0.500. The van der Waals surface area contributed by atoms with Crippen molar-refractivity contribution in [2.24, 2.45) is 0 Å². The third-order valence-electron chi connectivity index (χ3n) is 2.19. The molecule has 0 amide bonds. The SMILES string of the molecule is CCC=CCC=CC=CC(CCC(=O)O)OC. The average molecular weight is 238 g/mol. The van der Waals surface area contributed by atoms with Crippen LogP contribution in [0.25, 0.3) is 0 Å². The lowest BCUT2D eigenvalue weighted by Gasteiger charge is -2.07. The van der Waals surface area contributed by atoms with Crippen LogP contribution < -0.4 is 0 Å². The quantitative estimate of drug-likeness (QED) is 0.495. The van der Waals surface area contributed by atoms with Crippen LogP contribution in [0.2, 0.25) is 0 Å². The van der Waals surface area contributed by atoms with Gasteiger partial charge in [0, 0.05) is 13.5 Å². The Morgan fingerprint density at radius 3 is 2.65 bits per heavy atom. The first-order valence-corrected chi connectivity index (χ1v) is 5.93. The van der Waals surface area contributed by atoms with Crippen molar-refractivity contribution in [3.63, 3.8) is 0 Å². The predicted molar refractivity (Wildman–Crippen MR) is 70.0 cm³/mol. The first kappa shape index (κ1) is 15.7. The van der Waals surface area contributed by atoms with Gasteiger partial charge < -0.3 is 9.84 Å². The monoisotopic (exact) mass is 238 g/mol. The van der Waals surface area contributed by atoms with Gasteiger partial charge in [-0.1, -0.05) is 43.4 Å². The summed E-state index contributed by atoms with van der Waals surface area (Å²) in [5, 5.41) is 8.55. The highest BCUT2D eigenvalue weighted by Gasteiger charge is 2.04. The van der Waals surface area contributed by atoms with Crippen LogP contribution in [0, 0.1) is 0 Å². The molecule has 0 radical (unpaired) electrons. The minimum Gasteiger partial charge on any atom is -0.481 e. The van der Waals surface area contributed by atoms with Gasteiger partial charge in [0.1, 0.15) is 0 Å². The normalized spacial score (nSPS) is 14.0. The van der Waals surface area contributed by atoms with E-state index < -0.39 is 5.97 Å². The van der Waals surface area contributed by atoms with Crippen LogP contribution in [-0.4, -0.2) is 24.3 Å². The molecule has 0 heterocycles. The fourth-order valence-electron chi connectivity index (χ4n) is 1.25. The van der Waals surface area contributed by atoms with Crippen molar-refractivity contribution < 1.29 is 14.6 Å². The van der Waals surface area contributed by atoms with Gasteiger partial charge in [-0.3, -0.25) is 4.79 Å². The zero-order valence-corrected chi connectivity index (χ0v) is 10.6. The lowest BCUT2D eigenvalue weighted by molar-refractivity contribution is -0.137. The zero-order chi connectivity index (χ0) is 12.9. The van der Waals surface area contributed by atoms with Crippen molar-refractivity contribution in [3.8, 4) is 0 Å². The summed E-state index contributed by atoms with van der Waals surface area (Å²) in [6.07, 6.45) is 14.5. The van der Waals surface area contributed by atoms with Gasteiger partial charge in [0.05, 0.1) is 6.10 Å². The van der Waals surface area contributed by atoms with Crippen LogP contribution >= 0.6 is 0 Å². The molecule has 96 valence electrons. The molecule has 1 atom stereocenters. The maximum Gasteiger partial charge on any atom is 0.303 e. The van der Waals surface area contributed by atoms with E-state index in [4.69, 9.17) is 9.84 Å². The van der Waals surface area contributed by atoms with E-state index in [0.29, 0.717) is 6.42 Å². The van der Waals surface area contributed by atoms with E-state index in [1.54, 1.807) is 7.11 Å². The van der Waals surface area contributed by atoms with Crippen molar-refractivity contribution in [3.05, 3.63) is 36.5 Å². The second kappa shape index (κ2) is 11.1. The second-order valence-corrected chi connectivity index (χ2v) is 3.63. The summed E-state index contributed by atoms with van der Waals surface area (Å²) in [5.41, 5.74) is 0. The van der Waals surface area contributed by atoms with Gasteiger partial charge >= 0.3 is 5.97 Å². The molecule has 3 heteroatoms. The Hall–Kier alpha value is -1.35. The lowest BCUT2D eigenvalue weighted by atomic mass is 10.2. The fourth-order valence-corrected chi connectivity index (χ4v) is 1.25. The molecule has 1 unspecified atom stereocenters. The van der Waals surface area contributed by atoms with Gasteiger partial charge in [-0.25, -0.2) is 0 Å². The molecule has 0 fully saturated rings. The molecule has 17 heavy (non-hydrogen) atoms. The number of hydrogen-bond acceptors (Lipinski definition) is 2. The van der Waals surface area contributed by atoms with E-state index in [9.17, 15) is 4.79 Å². The third-order valence-corrected chi connectivity index (χ3v) is 2.19. The van der Waals surface area contributed by atoms with E-state index in [0.717, 1.165) is 12.8 Å². The molecule has 0 saturated carbocycles. The van der Waals surface area contributed by atoms with Gasteiger partial charge in [-0.15, -0.1) is 0 Å². The molecule has 3 nitrogen and oxygen atoms in total. The molecule has 0 spiro atoms. The largest absolute Gasteiger partial charge is 0.481 e. The van der Waals surface area contributed by atoms with Gasteiger partial charge in [0.25, 0.3) is 0 Å². The lowest BCUT2D eigenvalue weighted by Crippen LogP contribution is -2.09. The molecule has 0 saturated heterocycles. The number of carboxylic acids is 1. The third kappa shape index (κ3) is 10.9. The molecule has 0 aliphatic heterocycles. The highest BCUT2D eigenvalue weighted by atomic mass is 16.5. The Morgan fingerprint density at radius 2 is 2.06 bits per heavy atom. The summed E-state index contributed by atoms with van der Waals surface area (Å²) in [6, 6.07) is 0. The Bertz CT molecular complexity index is 277. The number of ether oxygens (including phenoxy) is 1. The van der Waals surface area contributed by atoms with Crippen LogP contribution in [0.15, 0.2) is 36.5 Å². The van der Waals surface area contributed by atoms with Crippen LogP contribution in [-0.2, 0) is 9.53 Å². The van der Waals surface area contributed by atoms with E-state index in [-0.39, 0.29) is 12.5 Å². The zero-order valence-electron chi connectivity index (χ0n) is 10.6. The Labute approximate surface area is 103 Å². The van der Waals surface area contributed by atoms with Crippen molar-refractivity contribution in [1.29, 1.82) is 0 Å². The molecule has 1 N–H and O–H groups in total. The first-order valence-electron chi connectivity index (χ1n) is 5.93. The topological polar surface area (TPSA) is 46.5 Å². The molecule has 0 aromatic rings. The van der Waals surface area contributed by atoms with Crippen LogP contribution in [0.3, 0.4) is 0 Å². The van der Waals surface area contributed by atoms with Crippen LogP contribution in [0.5, 0.6) is 0 Å². The molecule has 0 bridgehead atoms. The van der Waals surface area contributed by atoms with Crippen molar-refractivity contribution in [2.75, 3.05) is 7.11 Å². The average Bonchev–Trinajstić information content (AvgIpc) is 2.31. The smallest absolute Gasteiger partial charge is 0.303 e. The van der Waals surface area contributed by atoms with Crippen molar-refractivity contribution >= 4 is 5.97 Å². The first-order chi connectivity index (χ1) is 8.20. The number of carboxylic acid groups (broad SMARTS) is 1. The number of carbonyl (C=O) groups is 1. The molecule has 0 aromatic carbocycles. The van der Waals surface area contributed by atoms with Crippen LogP contribution in [0.4, 0.5) is 0 Å². The number of aliphatic carboxylic acids is 1. The van der Waals surface area contributed by atoms with E-state index in [1.165, 1.54) is 0 Å². The molecule has 0 rings (SSSR count). The predicted octanol–water partition coefficient (Wildman–Crippen LogP) is 3.33. The summed E-state index contributed by atoms with van der Waals surface area (Å²) in [6.45, 7) is 2.10. The van der Waals surface area contributed by atoms with Gasteiger partial charge in [-0.05, 0) is 19.3 Å². The standard InChI is InChI=1S/C14H22O3/c1-3-4-5-6-7-8-9-10-13(17-2)11-12-14(15)16/h4-5,7-10,13H,3,6,11-12H2,1-2H3,(H,15,16). The van der Waals surface area contributed by atoms with Gasteiger partial charge in [-0.2, -0.15) is 0 Å². The minimum atomic E-state index is -0.791. The number of hydrogen-bond donors (Lipinski definition) is 1. The Kier molecular flexibility index (Phi) is 10.3. The maximum atomic E-state index is 10.4. The van der Waals surface area contributed by atoms with E-state index >= 15 is 0 Å². The van der Waals surface area contributed by atoms with Crippen molar-refractivity contribution in [2.45, 2.75) is 38.7 Å². The van der Waals surface area contributed by atoms with E-state index in [2.05, 4.69) is 19.1 Å². The molecule has 0 aliphatic rings.